The first-order chi connectivity index (χ1) is 7.72. The first kappa shape index (κ1) is 13.5. The predicted octanol–water partition coefficient (Wildman–Crippen LogP) is 1.06. The number of nitrogens with one attached hydrogen (secondary N) is 2. The van der Waals surface area contributed by atoms with Crippen LogP contribution in [0.3, 0.4) is 0 Å². The third kappa shape index (κ3) is 5.47. The average molecular weight is 228 g/mol. The molecule has 1 aliphatic carbocycles. The fraction of sp³-hybridized carbons (Fsp3) is 0.917. The summed E-state index contributed by atoms with van der Waals surface area (Å²) >= 11 is 0. The van der Waals surface area contributed by atoms with Gasteiger partial charge in [0.15, 0.2) is 0 Å². The standard InChI is InChI=1S/C12H24N2O2/c1-10(7-8-16-2)14-12(15)9-13-11-5-3-4-6-11/h10-11,13H,3-9H2,1-2H3,(H,14,15). The number of rotatable bonds is 7. The van der Waals surface area contributed by atoms with Gasteiger partial charge in [0.05, 0.1) is 6.54 Å². The molecule has 1 aliphatic rings. The highest BCUT2D eigenvalue weighted by Gasteiger charge is 2.15. The van der Waals surface area contributed by atoms with Crippen LogP contribution >= 0.6 is 0 Å². The quantitative estimate of drug-likeness (QED) is 0.685. The summed E-state index contributed by atoms with van der Waals surface area (Å²) < 4.78 is 4.97. The van der Waals surface area contributed by atoms with Crippen molar-refractivity contribution in [1.82, 2.24) is 10.6 Å². The van der Waals surface area contributed by atoms with Crippen LogP contribution in [0.1, 0.15) is 39.0 Å². The lowest BCUT2D eigenvalue weighted by Crippen LogP contribution is -2.41. The van der Waals surface area contributed by atoms with E-state index in [1.54, 1.807) is 7.11 Å². The molecule has 1 amide bonds. The van der Waals surface area contributed by atoms with Crippen molar-refractivity contribution in [1.29, 1.82) is 0 Å². The number of amides is 1. The molecule has 0 bridgehead atoms. The van der Waals surface area contributed by atoms with Gasteiger partial charge in [-0.1, -0.05) is 12.8 Å². The Bertz CT molecular complexity index is 203. The molecule has 0 spiro atoms. The van der Waals surface area contributed by atoms with Crippen LogP contribution in [-0.2, 0) is 9.53 Å². The molecule has 0 aromatic carbocycles. The average Bonchev–Trinajstić information content (AvgIpc) is 2.76. The normalized spacial score (nSPS) is 18.6. The van der Waals surface area contributed by atoms with Crippen molar-refractivity contribution in [3.05, 3.63) is 0 Å². The zero-order chi connectivity index (χ0) is 11.8. The third-order valence-corrected chi connectivity index (χ3v) is 3.07. The molecule has 0 aliphatic heterocycles. The van der Waals surface area contributed by atoms with Crippen molar-refractivity contribution in [2.45, 2.75) is 51.1 Å². The van der Waals surface area contributed by atoms with Gasteiger partial charge in [-0.05, 0) is 26.2 Å². The topological polar surface area (TPSA) is 50.4 Å². The highest BCUT2D eigenvalue weighted by molar-refractivity contribution is 5.78. The van der Waals surface area contributed by atoms with E-state index in [4.69, 9.17) is 4.74 Å². The lowest BCUT2D eigenvalue weighted by molar-refractivity contribution is -0.121. The van der Waals surface area contributed by atoms with Crippen LogP contribution in [0.15, 0.2) is 0 Å². The van der Waals surface area contributed by atoms with Crippen LogP contribution in [-0.4, -0.2) is 38.3 Å². The summed E-state index contributed by atoms with van der Waals surface area (Å²) in [6.45, 7) is 3.14. The second-order valence-electron chi connectivity index (χ2n) is 4.61. The van der Waals surface area contributed by atoms with Crippen LogP contribution in [0.2, 0.25) is 0 Å². The van der Waals surface area contributed by atoms with E-state index in [-0.39, 0.29) is 11.9 Å². The summed E-state index contributed by atoms with van der Waals surface area (Å²) in [6, 6.07) is 0.748. The largest absolute Gasteiger partial charge is 0.385 e. The van der Waals surface area contributed by atoms with Crippen molar-refractivity contribution < 1.29 is 9.53 Å². The molecule has 16 heavy (non-hydrogen) atoms. The minimum atomic E-state index is 0.0931. The van der Waals surface area contributed by atoms with Gasteiger partial charge < -0.3 is 15.4 Å². The summed E-state index contributed by atoms with van der Waals surface area (Å²) in [4.78, 5) is 11.6. The van der Waals surface area contributed by atoms with Gasteiger partial charge in [0.1, 0.15) is 0 Å². The minimum Gasteiger partial charge on any atom is -0.385 e. The second-order valence-corrected chi connectivity index (χ2v) is 4.61. The van der Waals surface area contributed by atoms with Gasteiger partial charge in [0.25, 0.3) is 0 Å². The summed E-state index contributed by atoms with van der Waals surface area (Å²) in [6.07, 6.45) is 5.89. The smallest absolute Gasteiger partial charge is 0.234 e. The SMILES string of the molecule is COCCC(C)NC(=O)CNC1CCCC1. The molecule has 1 fully saturated rings. The van der Waals surface area contributed by atoms with E-state index in [9.17, 15) is 4.79 Å². The van der Waals surface area contributed by atoms with Gasteiger partial charge in [-0.25, -0.2) is 0 Å². The van der Waals surface area contributed by atoms with Gasteiger partial charge in [0.2, 0.25) is 5.91 Å². The van der Waals surface area contributed by atoms with E-state index >= 15 is 0 Å². The molecule has 4 nitrogen and oxygen atoms in total. The maximum absolute atomic E-state index is 11.6. The van der Waals surface area contributed by atoms with Crippen LogP contribution in [0.4, 0.5) is 0 Å². The Labute approximate surface area is 98.1 Å². The molecular weight excluding hydrogens is 204 g/mol. The third-order valence-electron chi connectivity index (χ3n) is 3.07. The molecule has 0 aromatic rings. The van der Waals surface area contributed by atoms with E-state index in [1.165, 1.54) is 25.7 Å². The Morgan fingerprint density at radius 2 is 2.12 bits per heavy atom. The molecule has 1 unspecified atom stereocenters. The van der Waals surface area contributed by atoms with Gasteiger partial charge in [-0.3, -0.25) is 4.79 Å². The Morgan fingerprint density at radius 1 is 1.44 bits per heavy atom. The number of hydrogen-bond donors (Lipinski definition) is 2. The molecule has 0 heterocycles. The van der Waals surface area contributed by atoms with Crippen molar-refractivity contribution in [2.24, 2.45) is 0 Å². The maximum Gasteiger partial charge on any atom is 0.234 e. The molecule has 94 valence electrons. The molecule has 0 radical (unpaired) electrons. The number of methoxy groups -OCH3 is 1. The summed E-state index contributed by atoms with van der Waals surface area (Å²) in [7, 11) is 1.68. The summed E-state index contributed by atoms with van der Waals surface area (Å²) in [5, 5.41) is 6.26. The molecule has 1 atom stereocenters. The molecule has 4 heteroatoms. The molecule has 0 aromatic heterocycles. The van der Waals surface area contributed by atoms with Crippen molar-refractivity contribution in [3.63, 3.8) is 0 Å². The van der Waals surface area contributed by atoms with Gasteiger partial charge in [-0.2, -0.15) is 0 Å². The van der Waals surface area contributed by atoms with E-state index < -0.39 is 0 Å². The Kier molecular flexibility index (Phi) is 6.42. The molecule has 0 saturated heterocycles. The Hall–Kier alpha value is -0.610. The second kappa shape index (κ2) is 7.63. The van der Waals surface area contributed by atoms with E-state index in [0.29, 0.717) is 19.2 Å². The monoisotopic (exact) mass is 228 g/mol. The highest BCUT2D eigenvalue weighted by Crippen LogP contribution is 2.17. The van der Waals surface area contributed by atoms with Crippen molar-refractivity contribution >= 4 is 5.91 Å². The van der Waals surface area contributed by atoms with Crippen LogP contribution in [0, 0.1) is 0 Å². The van der Waals surface area contributed by atoms with Gasteiger partial charge in [0, 0.05) is 25.8 Å². The summed E-state index contributed by atoms with van der Waals surface area (Å²) in [5.41, 5.74) is 0. The molecular formula is C12H24N2O2. The fourth-order valence-corrected chi connectivity index (χ4v) is 2.06. The van der Waals surface area contributed by atoms with E-state index in [0.717, 1.165) is 6.42 Å². The number of hydrogen-bond acceptors (Lipinski definition) is 3. The molecule has 1 rings (SSSR count). The van der Waals surface area contributed by atoms with E-state index in [2.05, 4.69) is 10.6 Å². The van der Waals surface area contributed by atoms with Gasteiger partial charge >= 0.3 is 0 Å². The zero-order valence-corrected chi connectivity index (χ0v) is 10.4. The van der Waals surface area contributed by atoms with Crippen LogP contribution in [0.25, 0.3) is 0 Å². The van der Waals surface area contributed by atoms with Gasteiger partial charge in [-0.15, -0.1) is 0 Å². The highest BCUT2D eigenvalue weighted by atomic mass is 16.5. The number of carbonyl (C=O) groups is 1. The lowest BCUT2D eigenvalue weighted by Gasteiger charge is -2.15. The van der Waals surface area contributed by atoms with Crippen molar-refractivity contribution in [2.75, 3.05) is 20.3 Å². The first-order valence-electron chi connectivity index (χ1n) is 6.24. The fourth-order valence-electron chi connectivity index (χ4n) is 2.06. The first-order valence-corrected chi connectivity index (χ1v) is 6.24. The maximum atomic E-state index is 11.6. The van der Waals surface area contributed by atoms with Crippen LogP contribution < -0.4 is 10.6 Å². The molecule has 2 N–H and O–H groups in total. The Morgan fingerprint density at radius 3 is 2.75 bits per heavy atom. The van der Waals surface area contributed by atoms with Crippen LogP contribution in [0.5, 0.6) is 0 Å². The predicted molar refractivity (Wildman–Crippen MR) is 64.4 cm³/mol. The molecule has 1 saturated carbocycles. The van der Waals surface area contributed by atoms with E-state index in [1.807, 2.05) is 6.92 Å². The number of carbonyl (C=O) groups excluding carboxylic acids is 1. The minimum absolute atomic E-state index is 0.0931. The zero-order valence-electron chi connectivity index (χ0n) is 10.4. The number of ether oxygens (including phenoxy) is 1. The Balaban J connectivity index is 2.05. The van der Waals surface area contributed by atoms with Crippen molar-refractivity contribution in [3.8, 4) is 0 Å². The summed E-state index contributed by atoms with van der Waals surface area (Å²) in [5.74, 6) is 0.0931. The lowest BCUT2D eigenvalue weighted by atomic mass is 10.2.